The average Bonchev–Trinajstić information content (AvgIpc) is 2.79. The Labute approximate surface area is 188 Å². The molecule has 0 aliphatic carbocycles. The van der Waals surface area contributed by atoms with Gasteiger partial charge >= 0.3 is 5.97 Å². The third-order valence-corrected chi connectivity index (χ3v) is 4.89. The van der Waals surface area contributed by atoms with Gasteiger partial charge in [-0.1, -0.05) is 48.0 Å². The van der Waals surface area contributed by atoms with Gasteiger partial charge in [-0.05, 0) is 64.9 Å². The summed E-state index contributed by atoms with van der Waals surface area (Å²) in [6, 6.07) is 23.6. The van der Waals surface area contributed by atoms with Crippen LogP contribution >= 0.6 is 11.6 Å². The smallest absolute Gasteiger partial charge is 0.343 e. The Bertz CT molecular complexity index is 1330. The Balaban J connectivity index is 1.43. The van der Waals surface area contributed by atoms with E-state index in [1.165, 1.54) is 12.3 Å². The number of phenolic OH excluding ortho intramolecular Hbond substituents is 1. The maximum Gasteiger partial charge on any atom is 0.343 e. The molecule has 0 saturated carbocycles. The van der Waals surface area contributed by atoms with Crippen molar-refractivity contribution in [1.82, 2.24) is 5.43 Å². The minimum absolute atomic E-state index is 0.117. The number of ether oxygens (including phenoxy) is 1. The van der Waals surface area contributed by atoms with Gasteiger partial charge in [-0.3, -0.25) is 4.79 Å². The number of benzene rings is 4. The van der Waals surface area contributed by atoms with Crippen LogP contribution in [0, 0.1) is 0 Å². The van der Waals surface area contributed by atoms with E-state index in [0.29, 0.717) is 21.9 Å². The van der Waals surface area contributed by atoms with Crippen LogP contribution in [0.15, 0.2) is 90.0 Å². The number of aromatic hydroxyl groups is 1. The highest BCUT2D eigenvalue weighted by Gasteiger charge is 2.12. The van der Waals surface area contributed by atoms with E-state index >= 15 is 0 Å². The number of rotatable bonds is 5. The third-order valence-electron chi connectivity index (χ3n) is 4.64. The van der Waals surface area contributed by atoms with E-state index in [9.17, 15) is 14.7 Å². The zero-order valence-electron chi connectivity index (χ0n) is 16.7. The predicted octanol–water partition coefficient (Wildman–Crippen LogP) is 5.18. The fourth-order valence-electron chi connectivity index (χ4n) is 3.05. The Hall–Kier alpha value is -4.16. The van der Waals surface area contributed by atoms with E-state index in [2.05, 4.69) is 10.5 Å². The maximum absolute atomic E-state index is 12.4. The third kappa shape index (κ3) is 4.94. The molecule has 0 spiro atoms. The number of esters is 1. The van der Waals surface area contributed by atoms with Crippen molar-refractivity contribution in [3.63, 3.8) is 0 Å². The first-order valence-corrected chi connectivity index (χ1v) is 10.0. The van der Waals surface area contributed by atoms with Crippen LogP contribution in [-0.4, -0.2) is 23.2 Å². The lowest BCUT2D eigenvalue weighted by molar-refractivity contribution is 0.0734. The molecule has 7 heteroatoms. The number of hydrogen-bond donors (Lipinski definition) is 2. The van der Waals surface area contributed by atoms with Crippen LogP contribution in [0.2, 0.25) is 5.02 Å². The van der Waals surface area contributed by atoms with E-state index in [0.717, 1.165) is 10.8 Å². The molecule has 4 aromatic rings. The number of hydrogen-bond acceptors (Lipinski definition) is 5. The highest BCUT2D eigenvalue weighted by Crippen LogP contribution is 2.25. The molecular formula is C25H17ClN2O4. The Morgan fingerprint density at radius 1 is 0.906 bits per heavy atom. The lowest BCUT2D eigenvalue weighted by atomic mass is 10.1. The SMILES string of the molecule is O=C(Oc1cccc(/C=N\NC(=O)c2cc3ccccc3cc2O)c1)c1ccc(Cl)cc1. The summed E-state index contributed by atoms with van der Waals surface area (Å²) in [5, 5.41) is 16.3. The highest BCUT2D eigenvalue weighted by atomic mass is 35.5. The van der Waals surface area contributed by atoms with Crippen molar-refractivity contribution in [2.45, 2.75) is 0 Å². The van der Waals surface area contributed by atoms with Gasteiger partial charge in [0.1, 0.15) is 11.5 Å². The summed E-state index contributed by atoms with van der Waals surface area (Å²) in [5.74, 6) is -0.870. The Morgan fingerprint density at radius 3 is 2.38 bits per heavy atom. The Morgan fingerprint density at radius 2 is 1.62 bits per heavy atom. The maximum atomic E-state index is 12.4. The molecule has 4 aromatic carbocycles. The van der Waals surface area contributed by atoms with Crippen LogP contribution in [-0.2, 0) is 0 Å². The lowest BCUT2D eigenvalue weighted by Gasteiger charge is -2.06. The van der Waals surface area contributed by atoms with Crippen molar-refractivity contribution in [3.8, 4) is 11.5 Å². The second-order valence-electron chi connectivity index (χ2n) is 6.88. The van der Waals surface area contributed by atoms with Gasteiger partial charge in [0.25, 0.3) is 5.91 Å². The van der Waals surface area contributed by atoms with Crippen LogP contribution in [0.4, 0.5) is 0 Å². The summed E-state index contributed by atoms with van der Waals surface area (Å²) in [6.45, 7) is 0. The molecular weight excluding hydrogens is 428 g/mol. The van der Waals surface area contributed by atoms with Gasteiger partial charge < -0.3 is 9.84 Å². The van der Waals surface area contributed by atoms with Gasteiger partial charge in [0.15, 0.2) is 0 Å². The number of halogens is 1. The van der Waals surface area contributed by atoms with Crippen LogP contribution in [0.5, 0.6) is 11.5 Å². The summed E-state index contributed by atoms with van der Waals surface area (Å²) in [7, 11) is 0. The number of hydrazone groups is 1. The Kier molecular flexibility index (Phi) is 6.14. The molecule has 0 aliphatic heterocycles. The second kappa shape index (κ2) is 9.32. The monoisotopic (exact) mass is 444 g/mol. The molecule has 2 N–H and O–H groups in total. The zero-order chi connectivity index (χ0) is 22.5. The standard InChI is InChI=1S/C25H17ClN2O4/c26-20-10-8-17(9-11-20)25(31)32-21-7-3-4-16(12-21)15-27-28-24(30)22-13-18-5-1-2-6-19(18)14-23(22)29/h1-15,29H,(H,28,30)/b27-15-. The number of phenols is 1. The van der Waals surface area contributed by atoms with E-state index in [4.69, 9.17) is 16.3 Å². The largest absolute Gasteiger partial charge is 0.507 e. The van der Waals surface area contributed by atoms with Crippen molar-refractivity contribution in [3.05, 3.63) is 107 Å². The lowest BCUT2D eigenvalue weighted by Crippen LogP contribution is -2.17. The fourth-order valence-corrected chi connectivity index (χ4v) is 3.17. The molecule has 0 aromatic heterocycles. The molecule has 0 bridgehead atoms. The van der Waals surface area contributed by atoms with Gasteiger partial charge in [0.2, 0.25) is 0 Å². The summed E-state index contributed by atoms with van der Waals surface area (Å²) >= 11 is 5.83. The van der Waals surface area contributed by atoms with Crippen LogP contribution in [0.25, 0.3) is 10.8 Å². The molecule has 32 heavy (non-hydrogen) atoms. The van der Waals surface area contributed by atoms with Gasteiger partial charge in [-0.25, -0.2) is 10.2 Å². The van der Waals surface area contributed by atoms with Crippen molar-refractivity contribution < 1.29 is 19.4 Å². The minimum atomic E-state index is -0.546. The van der Waals surface area contributed by atoms with Gasteiger partial charge in [-0.15, -0.1) is 0 Å². The summed E-state index contributed by atoms with van der Waals surface area (Å²) in [5.41, 5.74) is 3.49. The van der Waals surface area contributed by atoms with Crippen LogP contribution < -0.4 is 10.2 Å². The average molecular weight is 445 g/mol. The molecule has 158 valence electrons. The first-order valence-electron chi connectivity index (χ1n) is 9.62. The molecule has 0 aliphatic rings. The second-order valence-corrected chi connectivity index (χ2v) is 7.32. The number of nitrogens with zero attached hydrogens (tertiary/aromatic N) is 1. The zero-order valence-corrected chi connectivity index (χ0v) is 17.4. The molecule has 4 rings (SSSR count). The summed E-state index contributed by atoms with van der Waals surface area (Å²) in [6.07, 6.45) is 1.41. The van der Waals surface area contributed by atoms with Crippen molar-refractivity contribution in [2.75, 3.05) is 0 Å². The number of amides is 1. The first kappa shape index (κ1) is 21.1. The van der Waals surface area contributed by atoms with E-state index in [1.807, 2.05) is 24.3 Å². The molecule has 6 nitrogen and oxygen atoms in total. The summed E-state index contributed by atoms with van der Waals surface area (Å²) in [4.78, 5) is 24.7. The van der Waals surface area contributed by atoms with Crippen LogP contribution in [0.3, 0.4) is 0 Å². The topological polar surface area (TPSA) is 88.0 Å². The molecule has 0 heterocycles. The van der Waals surface area contributed by atoms with Gasteiger partial charge in [0, 0.05) is 5.02 Å². The van der Waals surface area contributed by atoms with Gasteiger partial charge in [0.05, 0.1) is 17.3 Å². The molecule has 0 unspecified atom stereocenters. The van der Waals surface area contributed by atoms with Crippen molar-refractivity contribution >= 4 is 40.5 Å². The number of nitrogens with one attached hydrogen (secondary N) is 1. The number of fused-ring (bicyclic) bond motifs is 1. The minimum Gasteiger partial charge on any atom is -0.507 e. The molecule has 1 amide bonds. The quantitative estimate of drug-likeness (QED) is 0.192. The molecule has 0 radical (unpaired) electrons. The highest BCUT2D eigenvalue weighted by molar-refractivity contribution is 6.30. The summed E-state index contributed by atoms with van der Waals surface area (Å²) < 4.78 is 5.37. The fraction of sp³-hybridized carbons (Fsp3) is 0. The van der Waals surface area contributed by atoms with E-state index in [-0.39, 0.29) is 11.3 Å². The molecule has 0 fully saturated rings. The molecule has 0 saturated heterocycles. The predicted molar refractivity (Wildman–Crippen MR) is 124 cm³/mol. The van der Waals surface area contributed by atoms with Crippen molar-refractivity contribution in [2.24, 2.45) is 5.10 Å². The molecule has 0 atom stereocenters. The van der Waals surface area contributed by atoms with Crippen molar-refractivity contribution in [1.29, 1.82) is 0 Å². The van der Waals surface area contributed by atoms with Gasteiger partial charge in [-0.2, -0.15) is 5.10 Å². The number of carbonyl (C=O) groups excluding carboxylic acids is 2. The van der Waals surface area contributed by atoms with Crippen LogP contribution in [0.1, 0.15) is 26.3 Å². The van der Waals surface area contributed by atoms with E-state index < -0.39 is 11.9 Å². The normalized spacial score (nSPS) is 10.9. The first-order chi connectivity index (χ1) is 15.5. The number of carbonyl (C=O) groups is 2. The van der Waals surface area contributed by atoms with E-state index in [1.54, 1.807) is 54.6 Å².